The van der Waals surface area contributed by atoms with Crippen molar-refractivity contribution < 1.29 is 16.8 Å². The van der Waals surface area contributed by atoms with Gasteiger partial charge >= 0.3 is 0 Å². The Morgan fingerprint density at radius 2 is 1.75 bits per heavy atom. The summed E-state index contributed by atoms with van der Waals surface area (Å²) in [5.41, 5.74) is 5.54. The lowest BCUT2D eigenvalue weighted by molar-refractivity contribution is 0.485. The number of anilines is 1. The van der Waals surface area contributed by atoms with E-state index in [-0.39, 0.29) is 32.9 Å². The summed E-state index contributed by atoms with van der Waals surface area (Å²) in [5.74, 6) is -0.288. The third-order valence-electron chi connectivity index (χ3n) is 2.56. The Bertz CT molecular complexity index is 717. The molecule has 1 aromatic carbocycles. The number of nitrogens with two attached hydrogens (primary N) is 1. The van der Waals surface area contributed by atoms with Crippen LogP contribution < -0.4 is 5.73 Å². The summed E-state index contributed by atoms with van der Waals surface area (Å²) in [7, 11) is -5.94. The Hall–Kier alpha value is -0.540. The Morgan fingerprint density at radius 3 is 2.25 bits per heavy atom. The van der Waals surface area contributed by atoms with E-state index in [0.717, 1.165) is 10.6 Å². The molecule has 0 amide bonds. The van der Waals surface area contributed by atoms with Crippen molar-refractivity contribution in [3.63, 3.8) is 0 Å². The predicted molar refractivity (Wildman–Crippen MR) is 80.4 cm³/mol. The van der Waals surface area contributed by atoms with E-state index in [2.05, 4.69) is 0 Å². The molecule has 0 fully saturated rings. The summed E-state index contributed by atoms with van der Waals surface area (Å²) in [6, 6.07) is 2.55. The standard InChI is InChI=1S/C10H14Cl2N2O4S2/c1-14(5-6-19(2,15)16)20(17,18)8-4-3-7(11)10(13)9(8)12/h3-4H,5-6,13H2,1-2H3. The number of sulfonamides is 1. The van der Waals surface area contributed by atoms with Gasteiger partial charge in [0, 0.05) is 19.8 Å². The molecule has 0 aliphatic rings. The summed E-state index contributed by atoms with van der Waals surface area (Å²) >= 11 is 11.6. The fourth-order valence-corrected chi connectivity index (χ4v) is 3.96. The van der Waals surface area contributed by atoms with Gasteiger partial charge < -0.3 is 5.73 Å². The van der Waals surface area contributed by atoms with Crippen molar-refractivity contribution in [2.24, 2.45) is 0 Å². The lowest BCUT2D eigenvalue weighted by Gasteiger charge is -2.18. The van der Waals surface area contributed by atoms with Crippen LogP contribution >= 0.6 is 23.2 Å². The summed E-state index contributed by atoms with van der Waals surface area (Å²) in [5, 5.41) is -0.0311. The minimum atomic E-state index is -3.93. The molecule has 1 rings (SSSR count). The molecule has 0 aromatic heterocycles. The van der Waals surface area contributed by atoms with Crippen LogP contribution in [0.15, 0.2) is 17.0 Å². The van der Waals surface area contributed by atoms with Crippen molar-refractivity contribution in [2.45, 2.75) is 4.90 Å². The SMILES string of the molecule is CN(CCS(C)(=O)=O)S(=O)(=O)c1ccc(Cl)c(N)c1Cl. The van der Waals surface area contributed by atoms with Crippen LogP contribution in [0.5, 0.6) is 0 Å². The fraction of sp³-hybridized carbons (Fsp3) is 0.400. The molecule has 0 spiro atoms. The van der Waals surface area contributed by atoms with E-state index in [9.17, 15) is 16.8 Å². The minimum absolute atomic E-state index is 0.0362. The van der Waals surface area contributed by atoms with Gasteiger partial charge in [-0.05, 0) is 12.1 Å². The van der Waals surface area contributed by atoms with E-state index in [1.807, 2.05) is 0 Å². The highest BCUT2D eigenvalue weighted by Gasteiger charge is 2.26. The number of sulfone groups is 1. The van der Waals surface area contributed by atoms with E-state index >= 15 is 0 Å². The third-order valence-corrected chi connectivity index (χ3v) is 6.23. The van der Waals surface area contributed by atoms with E-state index in [4.69, 9.17) is 28.9 Å². The maximum absolute atomic E-state index is 12.3. The molecule has 6 nitrogen and oxygen atoms in total. The number of benzene rings is 1. The molecule has 0 unspecified atom stereocenters. The second-order valence-corrected chi connectivity index (χ2v) is 9.29. The molecular weight excluding hydrogens is 347 g/mol. The monoisotopic (exact) mass is 360 g/mol. The van der Waals surface area contributed by atoms with Crippen LogP contribution in [-0.4, -0.2) is 46.7 Å². The molecule has 1 aromatic rings. The molecule has 0 saturated heterocycles. The first-order valence-corrected chi connectivity index (χ1v) is 9.60. The Labute approximate surface area is 128 Å². The second-order valence-electron chi connectivity index (χ2n) is 4.23. The number of hydrogen-bond donors (Lipinski definition) is 1. The number of halogens is 2. The molecular formula is C10H14Cl2N2O4S2. The molecule has 20 heavy (non-hydrogen) atoms. The average molecular weight is 361 g/mol. The van der Waals surface area contributed by atoms with Crippen LogP contribution in [0.4, 0.5) is 5.69 Å². The van der Waals surface area contributed by atoms with Crippen molar-refractivity contribution in [1.82, 2.24) is 4.31 Å². The van der Waals surface area contributed by atoms with Crippen LogP contribution in [0.3, 0.4) is 0 Å². The normalized spacial score (nSPS) is 12.8. The fourth-order valence-electron chi connectivity index (χ4n) is 1.33. The Kier molecular flexibility index (Phi) is 5.31. The smallest absolute Gasteiger partial charge is 0.244 e. The molecule has 0 bridgehead atoms. The second kappa shape index (κ2) is 6.07. The number of rotatable bonds is 5. The minimum Gasteiger partial charge on any atom is -0.396 e. The maximum atomic E-state index is 12.3. The van der Waals surface area contributed by atoms with Crippen LogP contribution in [0, 0.1) is 0 Å². The van der Waals surface area contributed by atoms with Gasteiger partial charge in [-0.25, -0.2) is 16.8 Å². The molecule has 114 valence electrons. The molecule has 0 aliphatic carbocycles. The topological polar surface area (TPSA) is 97.5 Å². The Morgan fingerprint density at radius 1 is 1.20 bits per heavy atom. The summed E-state index contributed by atoms with van der Waals surface area (Å²) < 4.78 is 47.6. The van der Waals surface area contributed by atoms with Crippen molar-refractivity contribution in [3.8, 4) is 0 Å². The van der Waals surface area contributed by atoms with E-state index in [1.54, 1.807) is 0 Å². The van der Waals surface area contributed by atoms with Crippen LogP contribution in [0.1, 0.15) is 0 Å². The highest BCUT2D eigenvalue weighted by molar-refractivity contribution is 7.91. The van der Waals surface area contributed by atoms with Crippen molar-refractivity contribution in [3.05, 3.63) is 22.2 Å². The quantitative estimate of drug-likeness (QED) is 0.796. The van der Waals surface area contributed by atoms with Gasteiger partial charge in [-0.3, -0.25) is 0 Å². The van der Waals surface area contributed by atoms with Gasteiger partial charge in [-0.15, -0.1) is 0 Å². The maximum Gasteiger partial charge on any atom is 0.244 e. The molecule has 0 saturated carbocycles. The lowest BCUT2D eigenvalue weighted by Crippen LogP contribution is -2.31. The highest BCUT2D eigenvalue weighted by Crippen LogP contribution is 2.34. The number of hydrogen-bond acceptors (Lipinski definition) is 5. The first-order valence-electron chi connectivity index (χ1n) is 5.34. The molecule has 0 aliphatic heterocycles. The van der Waals surface area contributed by atoms with E-state index in [1.165, 1.54) is 19.2 Å². The van der Waals surface area contributed by atoms with Gasteiger partial charge in [0.1, 0.15) is 14.7 Å². The van der Waals surface area contributed by atoms with Crippen LogP contribution in [0.2, 0.25) is 10.0 Å². The van der Waals surface area contributed by atoms with Gasteiger partial charge in [0.2, 0.25) is 10.0 Å². The summed E-state index contributed by atoms with van der Waals surface area (Å²) in [6.45, 7) is -0.181. The zero-order valence-electron chi connectivity index (χ0n) is 10.8. The van der Waals surface area contributed by atoms with E-state index < -0.39 is 19.9 Å². The average Bonchev–Trinajstić information content (AvgIpc) is 2.31. The van der Waals surface area contributed by atoms with Gasteiger partial charge in [0.05, 0.1) is 21.5 Å². The van der Waals surface area contributed by atoms with Crippen molar-refractivity contribution in [1.29, 1.82) is 0 Å². The molecule has 0 atom stereocenters. The van der Waals surface area contributed by atoms with Crippen molar-refractivity contribution >= 4 is 48.7 Å². The third kappa shape index (κ3) is 3.98. The van der Waals surface area contributed by atoms with Crippen LogP contribution in [0.25, 0.3) is 0 Å². The molecule has 2 N–H and O–H groups in total. The molecule has 10 heteroatoms. The first kappa shape index (κ1) is 17.5. The largest absolute Gasteiger partial charge is 0.396 e. The number of nitrogens with zero attached hydrogens (tertiary/aromatic N) is 1. The Balaban J connectivity index is 3.14. The molecule has 0 radical (unpaired) electrons. The lowest BCUT2D eigenvalue weighted by atomic mass is 10.3. The van der Waals surface area contributed by atoms with E-state index in [0.29, 0.717) is 0 Å². The first-order chi connectivity index (χ1) is 8.97. The summed E-state index contributed by atoms with van der Waals surface area (Å²) in [6.07, 6.45) is 1.03. The zero-order valence-corrected chi connectivity index (χ0v) is 13.9. The van der Waals surface area contributed by atoms with Crippen LogP contribution in [-0.2, 0) is 19.9 Å². The zero-order chi connectivity index (χ0) is 15.7. The molecule has 0 heterocycles. The van der Waals surface area contributed by atoms with Gasteiger partial charge in [0.25, 0.3) is 0 Å². The van der Waals surface area contributed by atoms with Gasteiger partial charge in [-0.1, -0.05) is 23.2 Å². The van der Waals surface area contributed by atoms with Crippen molar-refractivity contribution in [2.75, 3.05) is 31.3 Å². The predicted octanol–water partition coefficient (Wildman–Crippen LogP) is 1.24. The van der Waals surface area contributed by atoms with Gasteiger partial charge in [0.15, 0.2) is 0 Å². The highest BCUT2D eigenvalue weighted by atomic mass is 35.5. The summed E-state index contributed by atoms with van der Waals surface area (Å²) in [4.78, 5) is -0.211. The number of nitrogen functional groups attached to an aromatic ring is 1. The van der Waals surface area contributed by atoms with Gasteiger partial charge in [-0.2, -0.15) is 4.31 Å².